The molecule has 1 rings (SSSR count). The number of rotatable bonds is 8. The number of nitrogens with zero attached hydrogens (tertiary/aromatic N) is 1. The molecule has 1 atom stereocenters. The van der Waals surface area contributed by atoms with Crippen LogP contribution in [0.4, 0.5) is 0 Å². The van der Waals surface area contributed by atoms with E-state index in [-0.39, 0.29) is 5.97 Å². The second kappa shape index (κ2) is 7.10. The van der Waals surface area contributed by atoms with Gasteiger partial charge < -0.3 is 15.0 Å². The molecule has 0 aromatic carbocycles. The monoisotopic (exact) mass is 256 g/mol. The summed E-state index contributed by atoms with van der Waals surface area (Å²) in [7, 11) is 5.47. The fraction of sp³-hybridized carbons (Fsp3) is 0.929. The molecule has 4 nitrogen and oxygen atoms in total. The van der Waals surface area contributed by atoms with Crippen molar-refractivity contribution in [2.45, 2.75) is 57.0 Å². The van der Waals surface area contributed by atoms with E-state index in [1.54, 1.807) is 0 Å². The summed E-state index contributed by atoms with van der Waals surface area (Å²) in [5.41, 5.74) is -0.538. The average Bonchev–Trinajstić information content (AvgIpc) is 2.31. The Bertz CT molecular complexity index is 267. The standard InChI is InChI=1S/C14H28N2O2/c1-14(15-2,13(17)18-4)10-5-6-11-16(3)12-8-7-9-12/h12,15H,5-11H2,1-4H3. The van der Waals surface area contributed by atoms with Crippen LogP contribution >= 0.6 is 0 Å². The highest BCUT2D eigenvalue weighted by atomic mass is 16.5. The van der Waals surface area contributed by atoms with Crippen LogP contribution in [-0.2, 0) is 9.53 Å². The van der Waals surface area contributed by atoms with Crippen LogP contribution in [0.2, 0.25) is 0 Å². The molecule has 0 saturated heterocycles. The van der Waals surface area contributed by atoms with E-state index in [0.29, 0.717) is 0 Å². The van der Waals surface area contributed by atoms with Crippen LogP contribution in [0.25, 0.3) is 0 Å². The van der Waals surface area contributed by atoms with E-state index in [0.717, 1.165) is 31.8 Å². The second-order valence-corrected chi connectivity index (χ2v) is 5.60. The van der Waals surface area contributed by atoms with Crippen molar-refractivity contribution in [3.8, 4) is 0 Å². The van der Waals surface area contributed by atoms with E-state index in [1.807, 2.05) is 14.0 Å². The number of hydrogen-bond acceptors (Lipinski definition) is 4. The first-order valence-electron chi connectivity index (χ1n) is 7.01. The fourth-order valence-electron chi connectivity index (χ4n) is 2.40. The Balaban J connectivity index is 2.20. The Morgan fingerprint density at radius 1 is 1.44 bits per heavy atom. The highest BCUT2D eigenvalue weighted by Gasteiger charge is 2.31. The maximum atomic E-state index is 11.7. The van der Waals surface area contributed by atoms with Gasteiger partial charge in [0.25, 0.3) is 0 Å². The van der Waals surface area contributed by atoms with Crippen LogP contribution in [0.1, 0.15) is 45.4 Å². The van der Waals surface area contributed by atoms with E-state index in [9.17, 15) is 4.79 Å². The molecule has 0 aromatic heterocycles. The third-order valence-electron chi connectivity index (χ3n) is 4.32. The molecule has 18 heavy (non-hydrogen) atoms. The van der Waals surface area contributed by atoms with Gasteiger partial charge in [0.15, 0.2) is 0 Å². The maximum Gasteiger partial charge on any atom is 0.325 e. The summed E-state index contributed by atoms with van der Waals surface area (Å²) in [4.78, 5) is 14.1. The molecule has 106 valence electrons. The van der Waals surface area contributed by atoms with Crippen molar-refractivity contribution in [3.63, 3.8) is 0 Å². The minimum Gasteiger partial charge on any atom is -0.468 e. The number of carbonyl (C=O) groups is 1. The SMILES string of the molecule is CNC(C)(CCCCN(C)C1CCC1)C(=O)OC. The molecule has 1 aliphatic rings. The molecule has 0 aliphatic heterocycles. The van der Waals surface area contributed by atoms with Gasteiger partial charge in [-0.2, -0.15) is 0 Å². The van der Waals surface area contributed by atoms with Gasteiger partial charge in [0.2, 0.25) is 0 Å². The number of esters is 1. The molecule has 0 radical (unpaired) electrons. The zero-order chi connectivity index (χ0) is 13.6. The number of ether oxygens (including phenoxy) is 1. The summed E-state index contributed by atoms with van der Waals surface area (Å²) in [6.45, 7) is 3.04. The first kappa shape index (κ1) is 15.4. The molecule has 0 amide bonds. The minimum atomic E-state index is -0.538. The summed E-state index contributed by atoms with van der Waals surface area (Å²) in [6.07, 6.45) is 7.11. The molecule has 0 spiro atoms. The first-order chi connectivity index (χ1) is 8.53. The summed E-state index contributed by atoms with van der Waals surface area (Å²) in [6, 6.07) is 0.807. The summed E-state index contributed by atoms with van der Waals surface area (Å²) < 4.78 is 4.84. The van der Waals surface area contributed by atoms with Gasteiger partial charge in [-0.1, -0.05) is 6.42 Å². The molecule has 1 saturated carbocycles. The Morgan fingerprint density at radius 3 is 2.56 bits per heavy atom. The fourth-order valence-corrected chi connectivity index (χ4v) is 2.40. The minimum absolute atomic E-state index is 0.169. The number of methoxy groups -OCH3 is 1. The molecule has 1 aliphatic carbocycles. The maximum absolute atomic E-state index is 11.7. The Labute approximate surface area is 111 Å². The summed E-state index contributed by atoms with van der Waals surface area (Å²) >= 11 is 0. The topological polar surface area (TPSA) is 41.6 Å². The lowest BCUT2D eigenvalue weighted by molar-refractivity contribution is -0.148. The van der Waals surface area contributed by atoms with Crippen molar-refractivity contribution in [3.05, 3.63) is 0 Å². The number of unbranched alkanes of at least 4 members (excludes halogenated alkanes) is 1. The summed E-state index contributed by atoms with van der Waals surface area (Å²) in [5, 5.41) is 3.07. The van der Waals surface area contributed by atoms with Crippen molar-refractivity contribution < 1.29 is 9.53 Å². The van der Waals surface area contributed by atoms with Crippen LogP contribution in [0.3, 0.4) is 0 Å². The number of hydrogen-bond donors (Lipinski definition) is 1. The molecule has 1 fully saturated rings. The van der Waals surface area contributed by atoms with E-state index in [1.165, 1.54) is 26.4 Å². The zero-order valence-electron chi connectivity index (χ0n) is 12.3. The summed E-state index contributed by atoms with van der Waals surface area (Å²) in [5.74, 6) is -0.169. The number of nitrogens with one attached hydrogen (secondary N) is 1. The Kier molecular flexibility index (Phi) is 6.09. The van der Waals surface area contributed by atoms with Crippen LogP contribution < -0.4 is 5.32 Å². The third kappa shape index (κ3) is 3.95. The van der Waals surface area contributed by atoms with E-state index in [4.69, 9.17) is 4.74 Å². The van der Waals surface area contributed by atoms with Gasteiger partial charge in [-0.25, -0.2) is 0 Å². The highest BCUT2D eigenvalue weighted by Crippen LogP contribution is 2.24. The van der Waals surface area contributed by atoms with Gasteiger partial charge in [-0.3, -0.25) is 4.79 Å². The van der Waals surface area contributed by atoms with Crippen molar-refractivity contribution in [1.29, 1.82) is 0 Å². The quantitative estimate of drug-likeness (QED) is 0.531. The van der Waals surface area contributed by atoms with Crippen molar-refractivity contribution in [2.24, 2.45) is 0 Å². The molecule has 4 heteroatoms. The van der Waals surface area contributed by atoms with Gasteiger partial charge in [0, 0.05) is 6.04 Å². The smallest absolute Gasteiger partial charge is 0.325 e. The third-order valence-corrected chi connectivity index (χ3v) is 4.32. The van der Waals surface area contributed by atoms with Crippen LogP contribution in [-0.4, -0.2) is 50.2 Å². The Hall–Kier alpha value is -0.610. The largest absolute Gasteiger partial charge is 0.468 e. The predicted molar refractivity (Wildman–Crippen MR) is 73.6 cm³/mol. The van der Waals surface area contributed by atoms with Crippen LogP contribution in [0, 0.1) is 0 Å². The lowest BCUT2D eigenvalue weighted by atomic mass is 9.91. The first-order valence-corrected chi connectivity index (χ1v) is 7.01. The molecule has 0 bridgehead atoms. The number of likely N-dealkylation sites (N-methyl/N-ethyl adjacent to an activating group) is 1. The Morgan fingerprint density at radius 2 is 2.11 bits per heavy atom. The highest BCUT2D eigenvalue weighted by molar-refractivity contribution is 5.80. The second-order valence-electron chi connectivity index (χ2n) is 5.60. The van der Waals surface area contributed by atoms with Crippen LogP contribution in [0.5, 0.6) is 0 Å². The molecule has 0 aromatic rings. The molecule has 1 unspecified atom stereocenters. The molecule has 1 N–H and O–H groups in total. The van der Waals surface area contributed by atoms with E-state index in [2.05, 4.69) is 17.3 Å². The number of carbonyl (C=O) groups excluding carboxylic acids is 1. The zero-order valence-corrected chi connectivity index (χ0v) is 12.3. The molecular weight excluding hydrogens is 228 g/mol. The van der Waals surface area contributed by atoms with Gasteiger partial charge >= 0.3 is 5.97 Å². The molecular formula is C14H28N2O2. The van der Waals surface area contributed by atoms with Crippen molar-refractivity contribution in [1.82, 2.24) is 10.2 Å². The van der Waals surface area contributed by atoms with Crippen LogP contribution in [0.15, 0.2) is 0 Å². The lowest BCUT2D eigenvalue weighted by Gasteiger charge is -2.35. The van der Waals surface area contributed by atoms with Crippen molar-refractivity contribution in [2.75, 3.05) is 27.7 Å². The van der Waals surface area contributed by atoms with E-state index >= 15 is 0 Å². The molecule has 0 heterocycles. The average molecular weight is 256 g/mol. The van der Waals surface area contributed by atoms with Gasteiger partial charge in [-0.05, 0) is 59.7 Å². The lowest BCUT2D eigenvalue weighted by Crippen LogP contribution is -2.48. The van der Waals surface area contributed by atoms with Gasteiger partial charge in [-0.15, -0.1) is 0 Å². The van der Waals surface area contributed by atoms with Crippen molar-refractivity contribution >= 4 is 5.97 Å². The van der Waals surface area contributed by atoms with Gasteiger partial charge in [0.05, 0.1) is 7.11 Å². The van der Waals surface area contributed by atoms with Gasteiger partial charge in [0.1, 0.15) is 5.54 Å². The van der Waals surface area contributed by atoms with E-state index < -0.39 is 5.54 Å². The normalized spacial score (nSPS) is 19.4. The predicted octanol–water partition coefficient (Wildman–Crippen LogP) is 1.79.